The molecule has 1 atom stereocenters. The van der Waals surface area contributed by atoms with Crippen LogP contribution in [0.1, 0.15) is 34.8 Å². The van der Waals surface area contributed by atoms with Gasteiger partial charge in [-0.25, -0.2) is 0 Å². The summed E-state index contributed by atoms with van der Waals surface area (Å²) >= 11 is 1.53. The summed E-state index contributed by atoms with van der Waals surface area (Å²) in [6.07, 6.45) is 1.79. The Morgan fingerprint density at radius 3 is 2.39 bits per heavy atom. The zero-order valence-electron chi connectivity index (χ0n) is 17.6. The highest BCUT2D eigenvalue weighted by atomic mass is 32.2. The lowest BCUT2D eigenvalue weighted by atomic mass is 10.1. The minimum atomic E-state index is -0.106. The number of carbonyl (C=O) groups excluding carboxylic acids is 2. The predicted octanol–water partition coefficient (Wildman–Crippen LogP) is 5.08. The lowest BCUT2D eigenvalue weighted by Crippen LogP contribution is -2.36. The van der Waals surface area contributed by atoms with Crippen LogP contribution in [-0.4, -0.2) is 23.6 Å². The second-order valence-electron chi connectivity index (χ2n) is 7.84. The minimum absolute atomic E-state index is 0.0557. The van der Waals surface area contributed by atoms with Gasteiger partial charge in [-0.15, -0.1) is 11.8 Å². The van der Waals surface area contributed by atoms with Crippen molar-refractivity contribution in [3.8, 4) is 0 Å². The van der Waals surface area contributed by atoms with Crippen molar-refractivity contribution >= 4 is 29.3 Å². The van der Waals surface area contributed by atoms with Crippen LogP contribution in [0.2, 0.25) is 0 Å². The first-order valence-electron chi connectivity index (χ1n) is 10.6. The van der Waals surface area contributed by atoms with Gasteiger partial charge in [-0.3, -0.25) is 9.59 Å². The summed E-state index contributed by atoms with van der Waals surface area (Å²) in [5.41, 5.74) is 3.73. The Bertz CT molecular complexity index is 1050. The molecule has 1 aliphatic heterocycles. The smallest absolute Gasteiger partial charge is 0.251 e. The number of hydrogen-bond donors (Lipinski definition) is 1. The lowest BCUT2D eigenvalue weighted by molar-refractivity contribution is -0.116. The Morgan fingerprint density at radius 2 is 1.68 bits per heavy atom. The maximum absolute atomic E-state index is 12.9. The van der Waals surface area contributed by atoms with Crippen LogP contribution in [0.15, 0.2) is 83.8 Å². The molecule has 5 heteroatoms. The monoisotopic (exact) mass is 430 g/mol. The third kappa shape index (κ3) is 5.36. The highest BCUT2D eigenvalue weighted by molar-refractivity contribution is 8.00. The molecule has 1 N–H and O–H groups in total. The normalized spacial score (nSPS) is 14.1. The molecule has 2 amide bonds. The van der Waals surface area contributed by atoms with Gasteiger partial charge in [0.05, 0.1) is 18.0 Å². The number of nitrogens with one attached hydrogen (secondary N) is 1. The molecule has 31 heavy (non-hydrogen) atoms. The molecule has 0 aromatic heterocycles. The van der Waals surface area contributed by atoms with Gasteiger partial charge in [-0.2, -0.15) is 0 Å². The average molecular weight is 431 g/mol. The molecular formula is C26H26N2O2S. The molecule has 0 spiro atoms. The fourth-order valence-corrected chi connectivity index (χ4v) is 4.61. The number of rotatable bonds is 7. The summed E-state index contributed by atoms with van der Waals surface area (Å²) < 4.78 is 0. The molecule has 0 radical (unpaired) electrons. The average Bonchev–Trinajstić information content (AvgIpc) is 2.80. The van der Waals surface area contributed by atoms with Crippen LogP contribution in [0.3, 0.4) is 0 Å². The number of thioether (sulfide) groups is 1. The van der Waals surface area contributed by atoms with Gasteiger partial charge in [0.1, 0.15) is 0 Å². The summed E-state index contributed by atoms with van der Waals surface area (Å²) in [5, 5.41) is 3.10. The van der Waals surface area contributed by atoms with Crippen molar-refractivity contribution in [2.45, 2.75) is 37.2 Å². The number of nitrogens with zero attached hydrogens (tertiary/aromatic N) is 1. The number of hydrogen-bond acceptors (Lipinski definition) is 3. The second kappa shape index (κ2) is 9.84. The fraction of sp³-hybridized carbons (Fsp3) is 0.231. The van der Waals surface area contributed by atoms with Crippen LogP contribution < -0.4 is 10.2 Å². The van der Waals surface area contributed by atoms with E-state index in [0.29, 0.717) is 17.9 Å². The van der Waals surface area contributed by atoms with Crippen molar-refractivity contribution in [1.82, 2.24) is 5.32 Å². The molecule has 0 bridgehead atoms. The molecule has 0 unspecified atom stereocenters. The quantitative estimate of drug-likeness (QED) is 0.569. The van der Waals surface area contributed by atoms with E-state index in [2.05, 4.69) is 17.4 Å². The third-order valence-corrected chi connectivity index (χ3v) is 6.48. The fourth-order valence-electron chi connectivity index (χ4n) is 3.69. The Morgan fingerprint density at radius 1 is 1.00 bits per heavy atom. The minimum Gasteiger partial charge on any atom is -0.350 e. The molecule has 4 nitrogen and oxygen atoms in total. The number of anilines is 1. The van der Waals surface area contributed by atoms with E-state index in [0.717, 1.165) is 29.0 Å². The molecule has 1 heterocycles. The van der Waals surface area contributed by atoms with E-state index in [4.69, 9.17) is 0 Å². The highest BCUT2D eigenvalue weighted by Crippen LogP contribution is 2.36. The largest absolute Gasteiger partial charge is 0.350 e. The summed E-state index contributed by atoms with van der Waals surface area (Å²) in [6, 6.07) is 25.9. The van der Waals surface area contributed by atoms with Crippen LogP contribution in [0.4, 0.5) is 5.69 Å². The molecule has 0 saturated heterocycles. The Labute approximate surface area is 187 Å². The predicted molar refractivity (Wildman–Crippen MR) is 126 cm³/mol. The molecule has 158 valence electrons. The molecule has 3 aromatic carbocycles. The van der Waals surface area contributed by atoms with Crippen molar-refractivity contribution in [2.75, 3.05) is 10.7 Å². The summed E-state index contributed by atoms with van der Waals surface area (Å²) in [4.78, 5) is 28.3. The van der Waals surface area contributed by atoms with Crippen molar-refractivity contribution in [2.24, 2.45) is 0 Å². The highest BCUT2D eigenvalue weighted by Gasteiger charge is 2.26. The molecular weight excluding hydrogens is 404 g/mol. The lowest BCUT2D eigenvalue weighted by Gasteiger charge is -2.29. The van der Waals surface area contributed by atoms with Gasteiger partial charge in [-0.05, 0) is 49.1 Å². The van der Waals surface area contributed by atoms with Crippen LogP contribution in [-0.2, 0) is 17.8 Å². The third-order valence-electron chi connectivity index (χ3n) is 5.43. The van der Waals surface area contributed by atoms with Crippen LogP contribution in [0.5, 0.6) is 0 Å². The first kappa shape index (κ1) is 21.2. The number of fused-ring (bicyclic) bond motifs is 1. The van der Waals surface area contributed by atoms with Gasteiger partial charge in [0.2, 0.25) is 5.91 Å². The number of aryl methyl sites for hydroxylation is 1. The molecule has 4 rings (SSSR count). The van der Waals surface area contributed by atoms with Gasteiger partial charge in [0, 0.05) is 16.5 Å². The Balaban J connectivity index is 1.46. The standard InChI is InChI=1S/C26H26N2O2S/c1-19(12-13-20-8-4-2-5-9-20)27-26(30)22-14-15-24-23(16-22)28(25(29)18-31-24)17-21-10-6-3-7-11-21/h2-11,14-16,19H,12-13,17-18H2,1H3,(H,27,30)/t19-/m1/s1. The van der Waals surface area contributed by atoms with E-state index in [-0.39, 0.29) is 17.9 Å². The number of amides is 2. The van der Waals surface area contributed by atoms with Gasteiger partial charge >= 0.3 is 0 Å². The van der Waals surface area contributed by atoms with E-state index in [1.165, 1.54) is 17.3 Å². The zero-order valence-corrected chi connectivity index (χ0v) is 18.4. The van der Waals surface area contributed by atoms with Crippen LogP contribution in [0.25, 0.3) is 0 Å². The second-order valence-corrected chi connectivity index (χ2v) is 8.85. The van der Waals surface area contributed by atoms with Crippen molar-refractivity contribution in [3.05, 3.63) is 95.6 Å². The van der Waals surface area contributed by atoms with Gasteiger partial charge in [-0.1, -0.05) is 60.7 Å². The van der Waals surface area contributed by atoms with Gasteiger partial charge < -0.3 is 10.2 Å². The summed E-state index contributed by atoms with van der Waals surface area (Å²) in [6.45, 7) is 2.53. The maximum Gasteiger partial charge on any atom is 0.251 e. The van der Waals surface area contributed by atoms with Crippen LogP contribution in [0, 0.1) is 0 Å². The Hall–Kier alpha value is -3.05. The summed E-state index contributed by atoms with van der Waals surface area (Å²) in [5.74, 6) is 0.378. The van der Waals surface area contributed by atoms with E-state index < -0.39 is 0 Å². The van der Waals surface area contributed by atoms with Gasteiger partial charge in [0.15, 0.2) is 0 Å². The van der Waals surface area contributed by atoms with E-state index in [1.54, 1.807) is 4.90 Å². The number of carbonyl (C=O) groups is 2. The van der Waals surface area contributed by atoms with Gasteiger partial charge in [0.25, 0.3) is 5.91 Å². The molecule has 3 aromatic rings. The zero-order chi connectivity index (χ0) is 21.6. The van der Waals surface area contributed by atoms with Crippen molar-refractivity contribution < 1.29 is 9.59 Å². The first-order chi connectivity index (χ1) is 15.1. The molecule has 0 aliphatic carbocycles. The molecule has 0 saturated carbocycles. The molecule has 0 fully saturated rings. The SMILES string of the molecule is C[C@H](CCc1ccccc1)NC(=O)c1ccc2c(c1)N(Cc1ccccc1)C(=O)CS2. The Kier molecular flexibility index (Phi) is 6.73. The first-order valence-corrected chi connectivity index (χ1v) is 11.5. The van der Waals surface area contributed by atoms with E-state index in [1.807, 2.05) is 73.7 Å². The van der Waals surface area contributed by atoms with Crippen LogP contribution >= 0.6 is 11.8 Å². The topological polar surface area (TPSA) is 49.4 Å². The maximum atomic E-state index is 12.9. The van der Waals surface area contributed by atoms with Crippen molar-refractivity contribution in [3.63, 3.8) is 0 Å². The number of benzene rings is 3. The van der Waals surface area contributed by atoms with E-state index in [9.17, 15) is 9.59 Å². The molecule has 1 aliphatic rings. The van der Waals surface area contributed by atoms with E-state index >= 15 is 0 Å². The summed E-state index contributed by atoms with van der Waals surface area (Å²) in [7, 11) is 0. The van der Waals surface area contributed by atoms with Crippen molar-refractivity contribution in [1.29, 1.82) is 0 Å².